The molecular formula is C25H40O2. The monoisotopic (exact) mass is 372 g/mol. The van der Waals surface area contributed by atoms with E-state index in [9.17, 15) is 10.2 Å². The zero-order valence-electron chi connectivity index (χ0n) is 17.9. The molecule has 0 heterocycles. The van der Waals surface area contributed by atoms with Gasteiger partial charge >= 0.3 is 0 Å². The van der Waals surface area contributed by atoms with Crippen LogP contribution in [-0.4, -0.2) is 22.9 Å². The summed E-state index contributed by atoms with van der Waals surface area (Å²) in [5, 5.41) is 20.8. The maximum Gasteiger partial charge on any atom is 0.0645 e. The molecule has 27 heavy (non-hydrogen) atoms. The Morgan fingerprint density at radius 1 is 1.22 bits per heavy atom. The van der Waals surface area contributed by atoms with Gasteiger partial charge in [-0.15, -0.1) is 0 Å². The number of allylic oxidation sites excluding steroid dienone is 2. The minimum absolute atomic E-state index is 0.111. The topological polar surface area (TPSA) is 40.5 Å². The number of aliphatic hydroxyl groups excluding tert-OH is 2. The summed E-state index contributed by atoms with van der Waals surface area (Å²) in [5.74, 6) is 3.30. The van der Waals surface area contributed by atoms with Crippen LogP contribution in [-0.2, 0) is 0 Å². The smallest absolute Gasteiger partial charge is 0.0645 e. The molecule has 3 fully saturated rings. The molecule has 152 valence electrons. The lowest BCUT2D eigenvalue weighted by Gasteiger charge is -2.56. The largest absolute Gasteiger partial charge is 0.392 e. The Hall–Kier alpha value is -0.600. The highest BCUT2D eigenvalue weighted by Crippen LogP contribution is 2.66. The maximum absolute atomic E-state index is 10.7. The molecule has 4 aliphatic rings. The lowest BCUT2D eigenvalue weighted by Crippen LogP contribution is -2.48. The van der Waals surface area contributed by atoms with Gasteiger partial charge in [0, 0.05) is 5.92 Å². The van der Waals surface area contributed by atoms with Gasteiger partial charge in [-0.2, -0.15) is 0 Å². The Morgan fingerprint density at radius 3 is 2.59 bits per heavy atom. The van der Waals surface area contributed by atoms with Gasteiger partial charge in [0.25, 0.3) is 0 Å². The summed E-state index contributed by atoms with van der Waals surface area (Å²) in [6.45, 7) is 14.1. The van der Waals surface area contributed by atoms with E-state index in [4.69, 9.17) is 0 Å². The number of fused-ring (bicyclic) bond motifs is 4. The molecule has 2 nitrogen and oxygen atoms in total. The third-order valence-corrected chi connectivity index (χ3v) is 9.66. The Kier molecular flexibility index (Phi) is 4.91. The van der Waals surface area contributed by atoms with Crippen LogP contribution in [0.3, 0.4) is 0 Å². The van der Waals surface area contributed by atoms with Crippen molar-refractivity contribution >= 4 is 0 Å². The van der Waals surface area contributed by atoms with Crippen LogP contribution in [0, 0.1) is 46.3 Å². The van der Waals surface area contributed by atoms with Crippen molar-refractivity contribution < 1.29 is 10.2 Å². The molecular weight excluding hydrogens is 332 g/mol. The Balaban J connectivity index is 1.76. The maximum atomic E-state index is 10.7. The van der Waals surface area contributed by atoms with Gasteiger partial charge in [-0.1, -0.05) is 39.0 Å². The summed E-state index contributed by atoms with van der Waals surface area (Å²) < 4.78 is 0. The average Bonchev–Trinajstić information content (AvgIpc) is 3.07. The second-order valence-electron chi connectivity index (χ2n) is 11.3. The van der Waals surface area contributed by atoms with Gasteiger partial charge in [0.05, 0.1) is 12.7 Å². The summed E-state index contributed by atoms with van der Waals surface area (Å²) in [6.07, 6.45) is 10.6. The molecule has 0 saturated heterocycles. The summed E-state index contributed by atoms with van der Waals surface area (Å²) in [7, 11) is 0. The van der Waals surface area contributed by atoms with E-state index in [1.54, 1.807) is 0 Å². The molecule has 0 amide bonds. The van der Waals surface area contributed by atoms with Crippen LogP contribution in [0.5, 0.6) is 0 Å². The second kappa shape index (κ2) is 6.73. The zero-order chi connectivity index (χ0) is 19.6. The van der Waals surface area contributed by atoms with Crippen molar-refractivity contribution in [1.82, 2.24) is 0 Å². The molecule has 4 rings (SSSR count). The molecule has 0 bridgehead atoms. The molecule has 0 radical (unpaired) electrons. The van der Waals surface area contributed by atoms with Gasteiger partial charge < -0.3 is 10.2 Å². The van der Waals surface area contributed by atoms with Crippen molar-refractivity contribution in [3.05, 3.63) is 23.8 Å². The highest BCUT2D eigenvalue weighted by molar-refractivity contribution is 5.20. The lowest BCUT2D eigenvalue weighted by atomic mass is 9.49. The first-order valence-corrected chi connectivity index (χ1v) is 11.3. The molecule has 0 aliphatic heterocycles. The third kappa shape index (κ3) is 2.97. The van der Waals surface area contributed by atoms with Crippen molar-refractivity contribution in [3.63, 3.8) is 0 Å². The highest BCUT2D eigenvalue weighted by atomic mass is 16.3. The molecule has 0 aromatic carbocycles. The molecule has 0 spiro atoms. The summed E-state index contributed by atoms with van der Waals surface area (Å²) in [6, 6.07) is 0. The van der Waals surface area contributed by atoms with E-state index in [1.807, 2.05) is 0 Å². The SMILES string of the molecule is C=C(C)[C@H]1CC[C@@]2(C)CC[C@]3(C)C[C@@H]4[C@H](C(CO)=CC[C@H]3[C@H]12)[C@H](O)C[C@@H]4C. The van der Waals surface area contributed by atoms with E-state index in [2.05, 4.69) is 40.3 Å². The molecule has 3 saturated carbocycles. The van der Waals surface area contributed by atoms with Gasteiger partial charge in [-0.05, 0) is 97.9 Å². The minimum atomic E-state index is -0.271. The van der Waals surface area contributed by atoms with Crippen LogP contribution in [0.4, 0.5) is 0 Å². The standard InChI is InChI=1S/C25H40O2/c1-15(2)18-8-9-24(4)10-11-25(5)13-19-16(3)12-21(27)22(19)17(14-26)6-7-20(25)23(18)24/h6,16,18-23,26-27H,1,7-14H2,2-5H3/t16-,18+,19-,20-,21+,22-,23-,24-,25+/m0/s1. The van der Waals surface area contributed by atoms with Gasteiger partial charge in [-0.25, -0.2) is 0 Å². The fourth-order valence-electron chi connectivity index (χ4n) is 8.12. The van der Waals surface area contributed by atoms with Crippen molar-refractivity contribution in [1.29, 1.82) is 0 Å². The van der Waals surface area contributed by atoms with Crippen molar-refractivity contribution in [2.24, 2.45) is 46.3 Å². The molecule has 2 heteroatoms. The molecule has 0 unspecified atom stereocenters. The van der Waals surface area contributed by atoms with Gasteiger partial charge in [0.15, 0.2) is 0 Å². The normalized spacial score (nSPS) is 52.2. The number of hydrogen-bond donors (Lipinski definition) is 2. The predicted molar refractivity (Wildman–Crippen MR) is 111 cm³/mol. The van der Waals surface area contributed by atoms with Crippen LogP contribution < -0.4 is 0 Å². The van der Waals surface area contributed by atoms with Crippen molar-refractivity contribution in [2.45, 2.75) is 78.7 Å². The first kappa shape index (κ1) is 19.7. The minimum Gasteiger partial charge on any atom is -0.392 e. The average molecular weight is 373 g/mol. The quantitative estimate of drug-likeness (QED) is 0.641. The fourth-order valence-corrected chi connectivity index (χ4v) is 8.12. The molecule has 0 aromatic heterocycles. The Morgan fingerprint density at radius 2 is 1.93 bits per heavy atom. The van der Waals surface area contributed by atoms with Crippen LogP contribution in [0.2, 0.25) is 0 Å². The van der Waals surface area contributed by atoms with E-state index in [0.29, 0.717) is 34.5 Å². The van der Waals surface area contributed by atoms with E-state index in [1.165, 1.54) is 37.7 Å². The third-order valence-electron chi connectivity index (χ3n) is 9.66. The van der Waals surface area contributed by atoms with E-state index in [-0.39, 0.29) is 18.6 Å². The first-order chi connectivity index (χ1) is 12.7. The van der Waals surface area contributed by atoms with Crippen LogP contribution in [0.25, 0.3) is 0 Å². The summed E-state index contributed by atoms with van der Waals surface area (Å²) in [4.78, 5) is 0. The first-order valence-electron chi connectivity index (χ1n) is 11.3. The van der Waals surface area contributed by atoms with Crippen molar-refractivity contribution in [2.75, 3.05) is 6.61 Å². The van der Waals surface area contributed by atoms with Crippen LogP contribution in [0.15, 0.2) is 23.8 Å². The molecule has 9 atom stereocenters. The molecule has 4 aliphatic carbocycles. The number of rotatable bonds is 2. The van der Waals surface area contributed by atoms with E-state index < -0.39 is 0 Å². The number of aliphatic hydroxyl groups is 2. The Labute approximate surface area is 166 Å². The van der Waals surface area contributed by atoms with Crippen molar-refractivity contribution in [3.8, 4) is 0 Å². The van der Waals surface area contributed by atoms with Gasteiger partial charge in [-0.3, -0.25) is 0 Å². The Bertz CT molecular complexity index is 636. The highest BCUT2D eigenvalue weighted by Gasteiger charge is 2.58. The molecule has 0 aromatic rings. The summed E-state index contributed by atoms with van der Waals surface area (Å²) >= 11 is 0. The predicted octanol–water partition coefficient (Wildman–Crippen LogP) is 5.36. The lowest BCUT2D eigenvalue weighted by molar-refractivity contribution is -0.0528. The zero-order valence-corrected chi connectivity index (χ0v) is 17.9. The summed E-state index contributed by atoms with van der Waals surface area (Å²) in [5.41, 5.74) is 3.31. The second-order valence-corrected chi connectivity index (χ2v) is 11.3. The molecule has 2 N–H and O–H groups in total. The van der Waals surface area contributed by atoms with Gasteiger partial charge in [0.2, 0.25) is 0 Å². The van der Waals surface area contributed by atoms with Crippen LogP contribution in [0.1, 0.15) is 72.6 Å². The van der Waals surface area contributed by atoms with Gasteiger partial charge in [0.1, 0.15) is 0 Å². The van der Waals surface area contributed by atoms with E-state index >= 15 is 0 Å². The fraction of sp³-hybridized carbons (Fsp3) is 0.840. The van der Waals surface area contributed by atoms with E-state index in [0.717, 1.165) is 24.3 Å². The number of hydrogen-bond acceptors (Lipinski definition) is 2. The van der Waals surface area contributed by atoms with Crippen LogP contribution >= 0.6 is 0 Å².